The fourth-order valence-electron chi connectivity index (χ4n) is 3.08. The van der Waals surface area contributed by atoms with Crippen molar-refractivity contribution < 1.29 is 9.32 Å². The van der Waals surface area contributed by atoms with Crippen LogP contribution in [0.4, 0.5) is 0 Å². The van der Waals surface area contributed by atoms with Crippen molar-refractivity contribution in [3.8, 4) is 11.4 Å². The lowest BCUT2D eigenvalue weighted by molar-refractivity contribution is 0.0569. The van der Waals surface area contributed by atoms with Gasteiger partial charge in [-0.1, -0.05) is 35.5 Å². The van der Waals surface area contributed by atoms with Crippen LogP contribution in [0, 0.1) is 0 Å². The Morgan fingerprint density at radius 1 is 1.15 bits per heavy atom. The summed E-state index contributed by atoms with van der Waals surface area (Å²) in [6, 6.07) is 15.3. The molecule has 0 spiro atoms. The fraction of sp³-hybridized carbons (Fsp3) is 0.158. The van der Waals surface area contributed by atoms with Crippen LogP contribution in [0.3, 0.4) is 0 Å². The summed E-state index contributed by atoms with van der Waals surface area (Å²) in [4.78, 5) is 23.2. The molecular formula is C19H14N4O2S. The third kappa shape index (κ3) is 2.57. The number of hydrogen-bond acceptors (Lipinski definition) is 6. The number of aromatic nitrogens is 3. The van der Waals surface area contributed by atoms with Crippen molar-refractivity contribution >= 4 is 27.5 Å². The Hall–Kier alpha value is -3.06. The Kier molecular flexibility index (Phi) is 3.53. The van der Waals surface area contributed by atoms with E-state index < -0.39 is 0 Å². The average Bonchev–Trinajstić information content (AvgIpc) is 3.30. The van der Waals surface area contributed by atoms with Gasteiger partial charge in [-0.2, -0.15) is 4.98 Å². The smallest absolute Gasteiger partial charge is 0.253 e. The van der Waals surface area contributed by atoms with Gasteiger partial charge in [0.1, 0.15) is 0 Å². The van der Waals surface area contributed by atoms with Crippen LogP contribution in [0.1, 0.15) is 22.2 Å². The van der Waals surface area contributed by atoms with Crippen molar-refractivity contribution in [2.75, 3.05) is 13.1 Å². The third-order valence-electron chi connectivity index (χ3n) is 4.57. The molecule has 1 amide bonds. The molecule has 1 saturated heterocycles. The molecule has 0 N–H and O–H groups in total. The van der Waals surface area contributed by atoms with E-state index in [9.17, 15) is 4.79 Å². The van der Waals surface area contributed by atoms with E-state index in [1.54, 1.807) is 10.4 Å². The van der Waals surface area contributed by atoms with Gasteiger partial charge in [-0.15, -0.1) is 11.3 Å². The lowest BCUT2D eigenvalue weighted by atomic mass is 9.98. The van der Waals surface area contributed by atoms with Crippen LogP contribution in [-0.2, 0) is 0 Å². The Morgan fingerprint density at radius 3 is 2.85 bits per heavy atom. The Balaban J connectivity index is 1.28. The van der Waals surface area contributed by atoms with E-state index >= 15 is 0 Å². The van der Waals surface area contributed by atoms with Crippen molar-refractivity contribution in [2.45, 2.75) is 5.92 Å². The van der Waals surface area contributed by atoms with Crippen LogP contribution in [-0.4, -0.2) is 39.0 Å². The fourth-order valence-corrected chi connectivity index (χ4v) is 3.79. The van der Waals surface area contributed by atoms with Crippen molar-refractivity contribution in [1.82, 2.24) is 20.0 Å². The molecule has 6 nitrogen and oxygen atoms in total. The van der Waals surface area contributed by atoms with Gasteiger partial charge in [-0.05, 0) is 18.2 Å². The largest absolute Gasteiger partial charge is 0.339 e. The van der Waals surface area contributed by atoms with E-state index in [-0.39, 0.29) is 11.8 Å². The van der Waals surface area contributed by atoms with E-state index in [0.29, 0.717) is 30.4 Å². The second-order valence-electron chi connectivity index (χ2n) is 6.26. The molecule has 0 unspecified atom stereocenters. The molecule has 0 radical (unpaired) electrons. The molecule has 4 aromatic rings. The summed E-state index contributed by atoms with van der Waals surface area (Å²) >= 11 is 1.54. The summed E-state index contributed by atoms with van der Waals surface area (Å²) in [5.41, 5.74) is 4.33. The van der Waals surface area contributed by atoms with Crippen LogP contribution in [0.2, 0.25) is 0 Å². The van der Waals surface area contributed by atoms with E-state index in [0.717, 1.165) is 15.8 Å². The summed E-state index contributed by atoms with van der Waals surface area (Å²) in [5.74, 6) is 1.29. The topological polar surface area (TPSA) is 72.1 Å². The van der Waals surface area contributed by atoms with Crippen LogP contribution >= 0.6 is 11.3 Å². The van der Waals surface area contributed by atoms with E-state index in [1.165, 1.54) is 11.3 Å². The maximum atomic E-state index is 12.6. The number of benzene rings is 2. The van der Waals surface area contributed by atoms with Crippen molar-refractivity contribution in [2.24, 2.45) is 0 Å². The third-order valence-corrected chi connectivity index (χ3v) is 5.36. The minimum atomic E-state index is 0.0272. The molecule has 26 heavy (non-hydrogen) atoms. The van der Waals surface area contributed by atoms with Gasteiger partial charge < -0.3 is 9.42 Å². The Morgan fingerprint density at radius 2 is 2.00 bits per heavy atom. The number of fused-ring (bicyclic) bond motifs is 1. The average molecular weight is 362 g/mol. The van der Waals surface area contributed by atoms with Gasteiger partial charge in [-0.25, -0.2) is 4.98 Å². The van der Waals surface area contributed by atoms with E-state index in [4.69, 9.17) is 4.52 Å². The minimum absolute atomic E-state index is 0.0272. The summed E-state index contributed by atoms with van der Waals surface area (Å²) < 4.78 is 6.42. The zero-order chi connectivity index (χ0) is 17.5. The molecule has 0 aliphatic carbocycles. The quantitative estimate of drug-likeness (QED) is 0.557. The molecular weight excluding hydrogens is 348 g/mol. The second kappa shape index (κ2) is 6.03. The SMILES string of the molecule is O=C(c1ccc2ncsc2c1)N1CC(c2nc(-c3ccccc3)no2)C1. The summed E-state index contributed by atoms with van der Waals surface area (Å²) in [6.07, 6.45) is 0. The normalized spacial score (nSPS) is 14.5. The predicted octanol–water partition coefficient (Wildman–Crippen LogP) is 3.59. The van der Waals surface area contributed by atoms with Crippen molar-refractivity contribution in [3.05, 3.63) is 65.5 Å². The van der Waals surface area contributed by atoms with Gasteiger partial charge in [0, 0.05) is 24.2 Å². The van der Waals surface area contributed by atoms with Crippen molar-refractivity contribution in [3.63, 3.8) is 0 Å². The molecule has 5 rings (SSSR count). The van der Waals surface area contributed by atoms with Gasteiger partial charge in [0.2, 0.25) is 11.7 Å². The van der Waals surface area contributed by atoms with Gasteiger partial charge in [0.05, 0.1) is 21.6 Å². The predicted molar refractivity (Wildman–Crippen MR) is 98.0 cm³/mol. The highest BCUT2D eigenvalue weighted by molar-refractivity contribution is 7.16. The van der Waals surface area contributed by atoms with Gasteiger partial charge in [0.15, 0.2) is 0 Å². The highest BCUT2D eigenvalue weighted by Crippen LogP contribution is 2.29. The number of carbonyl (C=O) groups excluding carboxylic acids is 1. The maximum absolute atomic E-state index is 12.6. The second-order valence-corrected chi connectivity index (χ2v) is 7.15. The molecule has 0 bridgehead atoms. The first-order chi connectivity index (χ1) is 12.8. The molecule has 2 aromatic heterocycles. The number of amides is 1. The molecule has 7 heteroatoms. The summed E-state index contributed by atoms with van der Waals surface area (Å²) in [7, 11) is 0. The number of hydrogen-bond donors (Lipinski definition) is 0. The van der Waals surface area contributed by atoms with Gasteiger partial charge in [-0.3, -0.25) is 4.79 Å². The van der Waals surface area contributed by atoms with E-state index in [1.807, 2.05) is 48.5 Å². The van der Waals surface area contributed by atoms with Crippen LogP contribution < -0.4 is 0 Å². The molecule has 0 saturated carbocycles. The lowest BCUT2D eigenvalue weighted by Gasteiger charge is -2.37. The molecule has 3 heterocycles. The van der Waals surface area contributed by atoms with Crippen LogP contribution in [0.5, 0.6) is 0 Å². The Labute approximate surface area is 153 Å². The molecule has 0 atom stereocenters. The molecule has 2 aromatic carbocycles. The standard InChI is InChI=1S/C19H14N4O2S/c24-19(13-6-7-15-16(8-13)26-11-20-15)23-9-14(10-23)18-21-17(22-25-18)12-4-2-1-3-5-12/h1-8,11,14H,9-10H2. The molecule has 1 aliphatic heterocycles. The monoisotopic (exact) mass is 362 g/mol. The Bertz CT molecular complexity index is 1080. The molecule has 128 valence electrons. The zero-order valence-corrected chi connectivity index (χ0v) is 14.5. The first-order valence-electron chi connectivity index (χ1n) is 8.29. The number of nitrogens with zero attached hydrogens (tertiary/aromatic N) is 4. The molecule has 1 fully saturated rings. The van der Waals surface area contributed by atoms with Crippen LogP contribution in [0.25, 0.3) is 21.6 Å². The van der Waals surface area contributed by atoms with Gasteiger partial charge in [0.25, 0.3) is 5.91 Å². The van der Waals surface area contributed by atoms with E-state index in [2.05, 4.69) is 15.1 Å². The molecule has 1 aliphatic rings. The number of likely N-dealkylation sites (tertiary alicyclic amines) is 1. The maximum Gasteiger partial charge on any atom is 0.253 e. The number of carbonyl (C=O) groups is 1. The first-order valence-corrected chi connectivity index (χ1v) is 9.17. The summed E-state index contributed by atoms with van der Waals surface area (Å²) in [6.45, 7) is 1.19. The van der Waals surface area contributed by atoms with Gasteiger partial charge >= 0.3 is 0 Å². The highest BCUT2D eigenvalue weighted by Gasteiger charge is 2.36. The van der Waals surface area contributed by atoms with Crippen molar-refractivity contribution in [1.29, 1.82) is 0 Å². The first kappa shape index (κ1) is 15.2. The lowest BCUT2D eigenvalue weighted by Crippen LogP contribution is -2.48. The minimum Gasteiger partial charge on any atom is -0.339 e. The summed E-state index contributed by atoms with van der Waals surface area (Å²) in [5, 5.41) is 4.05. The van der Waals surface area contributed by atoms with Crippen LogP contribution in [0.15, 0.2) is 58.6 Å². The highest BCUT2D eigenvalue weighted by atomic mass is 32.1. The number of thiazole rings is 1. The number of rotatable bonds is 3. The zero-order valence-electron chi connectivity index (χ0n) is 13.7.